The predicted octanol–water partition coefficient (Wildman–Crippen LogP) is 3.30. The largest absolute Gasteiger partial charge is 0.453 e. The Kier molecular flexibility index (Phi) is 4.07. The number of furan rings is 1. The molecule has 0 fully saturated rings. The number of hydrogen-bond donors (Lipinski definition) is 2. The van der Waals surface area contributed by atoms with E-state index in [1.165, 1.54) is 16.7 Å². The highest BCUT2D eigenvalue weighted by Gasteiger charge is 2.16. The fourth-order valence-corrected chi connectivity index (χ4v) is 2.22. The van der Waals surface area contributed by atoms with Crippen LogP contribution in [0.4, 0.5) is 0 Å². The lowest BCUT2D eigenvalue weighted by molar-refractivity contribution is 0.527. The predicted molar refractivity (Wildman–Crippen MR) is 73.4 cm³/mol. The molecule has 0 spiro atoms. The molecule has 0 saturated carbocycles. The summed E-state index contributed by atoms with van der Waals surface area (Å²) in [5.41, 5.74) is 7.46. The molecule has 2 aromatic rings. The normalized spacial score (nSPS) is 12.7. The smallest absolute Gasteiger partial charge is 0.197 e. The van der Waals surface area contributed by atoms with E-state index >= 15 is 0 Å². The van der Waals surface area contributed by atoms with Crippen LogP contribution in [0, 0.1) is 13.8 Å². The molecule has 3 nitrogen and oxygen atoms in total. The summed E-state index contributed by atoms with van der Waals surface area (Å²) < 4.78 is 5.10. The van der Waals surface area contributed by atoms with Gasteiger partial charge in [0.05, 0.1) is 12.3 Å². The van der Waals surface area contributed by atoms with E-state index < -0.39 is 0 Å². The van der Waals surface area contributed by atoms with Crippen molar-refractivity contribution in [1.29, 1.82) is 0 Å². The molecule has 2 rings (SSSR count). The molecule has 0 radical (unpaired) electrons. The third-order valence-electron chi connectivity index (χ3n) is 3.23. The summed E-state index contributed by atoms with van der Waals surface area (Å²) in [4.78, 5) is 0. The van der Waals surface area contributed by atoms with Gasteiger partial charge >= 0.3 is 0 Å². The summed E-state index contributed by atoms with van der Waals surface area (Å²) in [6.07, 6.45) is 2.35. The summed E-state index contributed by atoms with van der Waals surface area (Å²) >= 11 is 5.97. The molecule has 1 aromatic carbocycles. The van der Waals surface area contributed by atoms with E-state index in [9.17, 15) is 0 Å². The molecule has 3 N–H and O–H groups in total. The Labute approximate surface area is 112 Å². The zero-order chi connectivity index (χ0) is 13.1. The van der Waals surface area contributed by atoms with E-state index in [1.807, 2.05) is 6.07 Å². The van der Waals surface area contributed by atoms with Gasteiger partial charge in [0.2, 0.25) is 0 Å². The maximum absolute atomic E-state index is 5.97. The second kappa shape index (κ2) is 5.57. The Hall–Kier alpha value is -1.29. The van der Waals surface area contributed by atoms with Gasteiger partial charge in [0, 0.05) is 5.56 Å². The van der Waals surface area contributed by atoms with Gasteiger partial charge in [-0.15, -0.1) is 0 Å². The Balaban J connectivity index is 2.20. The van der Waals surface area contributed by atoms with Crippen molar-refractivity contribution in [2.75, 3.05) is 0 Å². The molecule has 1 unspecified atom stereocenters. The second-order valence-corrected chi connectivity index (χ2v) is 4.83. The van der Waals surface area contributed by atoms with Crippen molar-refractivity contribution in [3.05, 3.63) is 58.0 Å². The van der Waals surface area contributed by atoms with Crippen molar-refractivity contribution in [3.63, 3.8) is 0 Å². The van der Waals surface area contributed by atoms with E-state index in [2.05, 4.69) is 37.5 Å². The van der Waals surface area contributed by atoms with Crippen LogP contribution in [0.15, 0.2) is 34.9 Å². The minimum absolute atomic E-state index is 0.0432. The van der Waals surface area contributed by atoms with E-state index in [0.717, 1.165) is 12.0 Å². The van der Waals surface area contributed by atoms with Crippen LogP contribution in [0.2, 0.25) is 5.22 Å². The minimum atomic E-state index is -0.0432. The summed E-state index contributed by atoms with van der Waals surface area (Å²) in [6, 6.07) is 8.20. The van der Waals surface area contributed by atoms with Crippen LogP contribution in [0.3, 0.4) is 0 Å². The maximum atomic E-state index is 5.97. The molecule has 1 atom stereocenters. The van der Waals surface area contributed by atoms with Gasteiger partial charge in [-0.3, -0.25) is 11.3 Å². The molecular weight excluding hydrogens is 248 g/mol. The quantitative estimate of drug-likeness (QED) is 0.658. The van der Waals surface area contributed by atoms with Crippen LogP contribution < -0.4 is 11.3 Å². The van der Waals surface area contributed by atoms with E-state index in [-0.39, 0.29) is 6.04 Å². The Morgan fingerprint density at radius 2 is 2.06 bits per heavy atom. The number of nitrogens with one attached hydrogen (secondary N) is 1. The van der Waals surface area contributed by atoms with Crippen molar-refractivity contribution >= 4 is 11.6 Å². The number of nitrogens with two attached hydrogens (primary N) is 1. The number of hydrazine groups is 1. The summed E-state index contributed by atoms with van der Waals surface area (Å²) in [5.74, 6) is 5.60. The molecule has 0 saturated heterocycles. The number of halogens is 1. The molecule has 0 bridgehead atoms. The number of aryl methyl sites for hydroxylation is 2. The summed E-state index contributed by atoms with van der Waals surface area (Å²) in [7, 11) is 0. The highest BCUT2D eigenvalue weighted by atomic mass is 35.5. The van der Waals surface area contributed by atoms with Gasteiger partial charge in [-0.2, -0.15) is 0 Å². The zero-order valence-corrected chi connectivity index (χ0v) is 11.3. The second-order valence-electron chi connectivity index (χ2n) is 4.49. The lowest BCUT2D eigenvalue weighted by Crippen LogP contribution is -2.29. The average molecular weight is 265 g/mol. The fraction of sp³-hybridized carbons (Fsp3) is 0.286. The molecule has 0 amide bonds. The van der Waals surface area contributed by atoms with Gasteiger partial charge in [0.25, 0.3) is 0 Å². The SMILES string of the molecule is Cc1ccc(CC(NN)c2ccoc2Cl)cc1C. The van der Waals surface area contributed by atoms with E-state index in [1.54, 1.807) is 6.26 Å². The first-order valence-electron chi connectivity index (χ1n) is 5.87. The van der Waals surface area contributed by atoms with Crippen LogP contribution in [-0.2, 0) is 6.42 Å². The molecule has 0 aliphatic carbocycles. The van der Waals surface area contributed by atoms with E-state index in [0.29, 0.717) is 5.22 Å². The van der Waals surface area contributed by atoms with Gasteiger partial charge in [-0.25, -0.2) is 0 Å². The lowest BCUT2D eigenvalue weighted by atomic mass is 9.98. The third kappa shape index (κ3) is 2.75. The van der Waals surface area contributed by atoms with E-state index in [4.69, 9.17) is 21.9 Å². The summed E-state index contributed by atoms with van der Waals surface area (Å²) in [6.45, 7) is 4.21. The molecule has 96 valence electrons. The topological polar surface area (TPSA) is 51.2 Å². The van der Waals surface area contributed by atoms with Crippen molar-refractivity contribution in [1.82, 2.24) is 5.43 Å². The molecule has 0 aliphatic heterocycles. The van der Waals surface area contributed by atoms with Gasteiger partial charge in [-0.05, 0) is 54.6 Å². The molecule has 1 heterocycles. The standard InChI is InChI=1S/C14H17ClN2O/c1-9-3-4-11(7-10(9)2)8-13(17-16)12-5-6-18-14(12)15/h3-7,13,17H,8,16H2,1-2H3. The van der Waals surface area contributed by atoms with Gasteiger partial charge in [0.1, 0.15) is 0 Å². The van der Waals surface area contributed by atoms with Crippen molar-refractivity contribution in [3.8, 4) is 0 Å². The number of benzene rings is 1. The molecule has 4 heteroatoms. The number of rotatable bonds is 4. The first-order chi connectivity index (χ1) is 8.61. The molecular formula is C14H17ClN2O. The van der Waals surface area contributed by atoms with Crippen LogP contribution in [0.25, 0.3) is 0 Å². The van der Waals surface area contributed by atoms with Crippen molar-refractivity contribution in [2.24, 2.45) is 5.84 Å². The lowest BCUT2D eigenvalue weighted by Gasteiger charge is -2.15. The Morgan fingerprint density at radius 3 is 2.61 bits per heavy atom. The van der Waals surface area contributed by atoms with Gasteiger partial charge < -0.3 is 4.42 Å². The Morgan fingerprint density at radius 1 is 1.28 bits per heavy atom. The average Bonchev–Trinajstić information content (AvgIpc) is 2.77. The summed E-state index contributed by atoms with van der Waals surface area (Å²) in [5, 5.41) is 0.391. The first-order valence-corrected chi connectivity index (χ1v) is 6.24. The third-order valence-corrected chi connectivity index (χ3v) is 3.54. The minimum Gasteiger partial charge on any atom is -0.453 e. The fourth-order valence-electron chi connectivity index (χ4n) is 1.98. The first kappa shape index (κ1) is 13.1. The van der Waals surface area contributed by atoms with Crippen LogP contribution in [0.1, 0.15) is 28.3 Å². The molecule has 1 aromatic heterocycles. The van der Waals surface area contributed by atoms with Crippen molar-refractivity contribution in [2.45, 2.75) is 26.3 Å². The van der Waals surface area contributed by atoms with Crippen LogP contribution >= 0.6 is 11.6 Å². The van der Waals surface area contributed by atoms with Gasteiger partial charge in [0.15, 0.2) is 5.22 Å². The number of hydrogen-bond acceptors (Lipinski definition) is 3. The maximum Gasteiger partial charge on any atom is 0.197 e. The van der Waals surface area contributed by atoms with Crippen LogP contribution in [0.5, 0.6) is 0 Å². The monoisotopic (exact) mass is 264 g/mol. The molecule has 18 heavy (non-hydrogen) atoms. The molecule has 0 aliphatic rings. The highest BCUT2D eigenvalue weighted by molar-refractivity contribution is 6.29. The van der Waals surface area contributed by atoms with Crippen LogP contribution in [-0.4, -0.2) is 0 Å². The van der Waals surface area contributed by atoms with Gasteiger partial charge in [-0.1, -0.05) is 18.2 Å². The van der Waals surface area contributed by atoms with Crippen molar-refractivity contribution < 1.29 is 4.42 Å². The zero-order valence-electron chi connectivity index (χ0n) is 10.5. The Bertz CT molecular complexity index is 536. The highest BCUT2D eigenvalue weighted by Crippen LogP contribution is 2.26.